The number of rotatable bonds is 7. The van der Waals surface area contributed by atoms with Crippen LogP contribution in [0.25, 0.3) is 11.3 Å². The number of hydrogen-bond acceptors (Lipinski definition) is 8. The standard InChI is InChI=1S/C14H14N4O7/c1-3-24-10-7-11(25-4-2)14(18(22)23)12(13(10)17(20)21)9-8-15-5-6-16(9)19/h5-8H,3-4H2,1-2H3. The highest BCUT2D eigenvalue weighted by molar-refractivity contribution is 5.85. The molecule has 1 aromatic heterocycles. The average Bonchev–Trinajstić information content (AvgIpc) is 2.54. The molecule has 2 aromatic rings. The summed E-state index contributed by atoms with van der Waals surface area (Å²) in [7, 11) is 0. The van der Waals surface area contributed by atoms with Crippen LogP contribution in [0, 0.1) is 25.4 Å². The summed E-state index contributed by atoms with van der Waals surface area (Å²) in [6.07, 6.45) is 3.15. The molecule has 0 radical (unpaired) electrons. The molecule has 1 heterocycles. The van der Waals surface area contributed by atoms with E-state index in [2.05, 4.69) is 4.98 Å². The van der Waals surface area contributed by atoms with Crippen LogP contribution < -0.4 is 14.2 Å². The molecule has 2 rings (SSSR count). The van der Waals surface area contributed by atoms with Gasteiger partial charge in [0.05, 0.1) is 29.3 Å². The van der Waals surface area contributed by atoms with Gasteiger partial charge in [0.1, 0.15) is 6.20 Å². The average molecular weight is 350 g/mol. The molecule has 0 aliphatic heterocycles. The smallest absolute Gasteiger partial charge is 0.332 e. The van der Waals surface area contributed by atoms with Crippen LogP contribution in [0.5, 0.6) is 11.5 Å². The van der Waals surface area contributed by atoms with Crippen molar-refractivity contribution in [2.45, 2.75) is 13.8 Å². The van der Waals surface area contributed by atoms with Gasteiger partial charge in [-0.3, -0.25) is 25.2 Å². The summed E-state index contributed by atoms with van der Waals surface area (Å²) in [5, 5.41) is 35.2. The fourth-order valence-electron chi connectivity index (χ4n) is 2.28. The molecule has 0 N–H and O–H groups in total. The number of nitro groups is 2. The monoisotopic (exact) mass is 350 g/mol. The maximum Gasteiger partial charge on any atom is 0.332 e. The Morgan fingerprint density at radius 1 is 1.08 bits per heavy atom. The van der Waals surface area contributed by atoms with Gasteiger partial charge < -0.3 is 14.7 Å². The largest absolute Gasteiger partial charge is 0.618 e. The molecular weight excluding hydrogens is 336 g/mol. The Hall–Kier alpha value is -3.50. The van der Waals surface area contributed by atoms with Gasteiger partial charge in [0, 0.05) is 6.07 Å². The lowest BCUT2D eigenvalue weighted by Gasteiger charge is -2.12. The summed E-state index contributed by atoms with van der Waals surface area (Å²) in [5.74, 6) is -0.471. The summed E-state index contributed by atoms with van der Waals surface area (Å²) in [6.45, 7) is 3.36. The second kappa shape index (κ2) is 7.38. The summed E-state index contributed by atoms with van der Waals surface area (Å²) < 4.78 is 10.7. The maximum atomic E-state index is 12.1. The molecule has 0 fully saturated rings. The van der Waals surface area contributed by atoms with E-state index in [1.807, 2.05) is 0 Å². The lowest BCUT2D eigenvalue weighted by atomic mass is 10.1. The zero-order valence-corrected chi connectivity index (χ0v) is 13.4. The van der Waals surface area contributed by atoms with E-state index in [4.69, 9.17) is 9.47 Å². The van der Waals surface area contributed by atoms with Crippen LogP contribution in [0.15, 0.2) is 24.7 Å². The van der Waals surface area contributed by atoms with Crippen molar-refractivity contribution >= 4 is 11.4 Å². The molecule has 0 unspecified atom stereocenters. The summed E-state index contributed by atoms with van der Waals surface area (Å²) >= 11 is 0. The SMILES string of the molecule is CCOc1cc(OCC)c([N+](=O)[O-])c(-c2cncc[n+]2[O-])c1[N+](=O)[O-]. The van der Waals surface area contributed by atoms with Crippen LogP contribution >= 0.6 is 0 Å². The molecule has 0 aliphatic rings. The lowest BCUT2D eigenvalue weighted by molar-refractivity contribution is -0.594. The lowest BCUT2D eigenvalue weighted by Crippen LogP contribution is -2.29. The summed E-state index contributed by atoms with van der Waals surface area (Å²) in [6, 6.07) is 1.08. The maximum absolute atomic E-state index is 12.1. The van der Waals surface area contributed by atoms with E-state index in [9.17, 15) is 25.4 Å². The number of nitro benzene ring substituents is 2. The molecule has 11 heteroatoms. The molecule has 0 spiro atoms. The van der Waals surface area contributed by atoms with Gasteiger partial charge in [-0.1, -0.05) is 0 Å². The van der Waals surface area contributed by atoms with Crippen molar-refractivity contribution in [3.63, 3.8) is 0 Å². The Kier molecular flexibility index (Phi) is 5.27. The Labute approximate surface area is 141 Å². The quantitative estimate of drug-likeness (QED) is 0.319. The minimum atomic E-state index is -0.837. The van der Waals surface area contributed by atoms with Gasteiger partial charge in [-0.15, -0.1) is 0 Å². The van der Waals surface area contributed by atoms with E-state index >= 15 is 0 Å². The first-order valence-corrected chi connectivity index (χ1v) is 7.21. The Balaban J connectivity index is 2.99. The van der Waals surface area contributed by atoms with Gasteiger partial charge >= 0.3 is 11.4 Å². The molecule has 11 nitrogen and oxygen atoms in total. The van der Waals surface area contributed by atoms with Crippen LogP contribution in [0.3, 0.4) is 0 Å². The first kappa shape index (κ1) is 17.8. The second-order valence-electron chi connectivity index (χ2n) is 4.61. The molecule has 0 atom stereocenters. The molecule has 132 valence electrons. The topological polar surface area (TPSA) is 145 Å². The molecule has 0 aliphatic carbocycles. The van der Waals surface area contributed by atoms with Gasteiger partial charge in [0.25, 0.3) is 5.69 Å². The molecule has 0 saturated carbocycles. The molecular formula is C14H14N4O7. The third-order valence-corrected chi connectivity index (χ3v) is 3.15. The van der Waals surface area contributed by atoms with E-state index in [1.165, 1.54) is 0 Å². The van der Waals surface area contributed by atoms with Crippen molar-refractivity contribution < 1.29 is 24.1 Å². The van der Waals surface area contributed by atoms with Crippen LogP contribution in [0.2, 0.25) is 0 Å². The zero-order chi connectivity index (χ0) is 18.6. The number of benzene rings is 1. The van der Waals surface area contributed by atoms with Crippen LogP contribution in [-0.4, -0.2) is 28.0 Å². The predicted octanol–water partition coefficient (Wildman–Crippen LogP) is 2.00. The first-order valence-electron chi connectivity index (χ1n) is 7.21. The van der Waals surface area contributed by atoms with Crippen LogP contribution in [0.1, 0.15) is 13.8 Å². The van der Waals surface area contributed by atoms with E-state index in [0.717, 1.165) is 24.7 Å². The second-order valence-corrected chi connectivity index (χ2v) is 4.61. The summed E-state index contributed by atoms with van der Waals surface area (Å²) in [5.41, 5.74) is -2.28. The van der Waals surface area contributed by atoms with Crippen LogP contribution in [-0.2, 0) is 0 Å². The third-order valence-electron chi connectivity index (χ3n) is 3.15. The van der Waals surface area contributed by atoms with Gasteiger partial charge in [0.2, 0.25) is 17.1 Å². The third kappa shape index (κ3) is 3.39. The Morgan fingerprint density at radius 3 is 2.00 bits per heavy atom. The van der Waals surface area contributed by atoms with E-state index < -0.39 is 26.8 Å². The van der Waals surface area contributed by atoms with Gasteiger partial charge in [-0.25, -0.2) is 0 Å². The fourth-order valence-corrected chi connectivity index (χ4v) is 2.28. The number of ether oxygens (including phenoxy) is 2. The zero-order valence-electron chi connectivity index (χ0n) is 13.4. The van der Waals surface area contributed by atoms with Gasteiger partial charge in [-0.2, -0.15) is 4.73 Å². The predicted molar refractivity (Wildman–Crippen MR) is 84.3 cm³/mol. The van der Waals surface area contributed by atoms with Crippen molar-refractivity contribution in [1.82, 2.24) is 4.98 Å². The normalized spacial score (nSPS) is 10.3. The van der Waals surface area contributed by atoms with Crippen molar-refractivity contribution in [2.24, 2.45) is 0 Å². The molecule has 25 heavy (non-hydrogen) atoms. The Morgan fingerprint density at radius 2 is 1.60 bits per heavy atom. The highest BCUT2D eigenvalue weighted by Gasteiger charge is 2.39. The minimum Gasteiger partial charge on any atom is -0.618 e. The molecule has 0 amide bonds. The van der Waals surface area contributed by atoms with Gasteiger partial charge in [-0.05, 0) is 13.8 Å². The van der Waals surface area contributed by atoms with E-state index in [-0.39, 0.29) is 35.1 Å². The molecule has 0 saturated heterocycles. The number of aromatic nitrogens is 2. The summed E-state index contributed by atoms with van der Waals surface area (Å²) in [4.78, 5) is 25.2. The highest BCUT2D eigenvalue weighted by atomic mass is 16.6. The van der Waals surface area contributed by atoms with Crippen molar-refractivity contribution in [1.29, 1.82) is 0 Å². The number of nitrogens with zero attached hydrogens (tertiary/aromatic N) is 4. The van der Waals surface area contributed by atoms with Gasteiger partial charge in [0.15, 0.2) is 6.20 Å². The van der Waals surface area contributed by atoms with Crippen LogP contribution in [0.4, 0.5) is 11.4 Å². The highest BCUT2D eigenvalue weighted by Crippen LogP contribution is 2.48. The fraction of sp³-hybridized carbons (Fsp3) is 0.286. The minimum absolute atomic E-state index is 0.0775. The van der Waals surface area contributed by atoms with Crippen molar-refractivity contribution in [3.8, 4) is 22.8 Å². The van der Waals surface area contributed by atoms with E-state index in [0.29, 0.717) is 0 Å². The van der Waals surface area contributed by atoms with Crippen molar-refractivity contribution in [2.75, 3.05) is 13.2 Å². The number of hydrogen-bond donors (Lipinski definition) is 0. The first-order chi connectivity index (χ1) is 11.9. The Bertz CT molecular complexity index is 783. The van der Waals surface area contributed by atoms with Crippen molar-refractivity contribution in [3.05, 3.63) is 50.1 Å². The molecule has 1 aromatic carbocycles. The van der Waals surface area contributed by atoms with E-state index in [1.54, 1.807) is 13.8 Å². The molecule has 0 bridgehead atoms.